The highest BCUT2D eigenvalue weighted by Crippen LogP contribution is 2.45. The molecule has 0 unspecified atom stereocenters. The molecule has 26 heavy (non-hydrogen) atoms. The second-order valence-corrected chi connectivity index (χ2v) is 9.82. The minimum atomic E-state index is -3.86. The SMILES string of the molecule is O=C1c2ccccc2S(=O)(=O)c2c1ccc(SC1=CC=C(Cl)CC1)c2Cl. The Morgan fingerprint density at radius 2 is 1.69 bits per heavy atom. The lowest BCUT2D eigenvalue weighted by Gasteiger charge is -2.21. The molecule has 0 aromatic heterocycles. The molecule has 1 aliphatic carbocycles. The summed E-state index contributed by atoms with van der Waals surface area (Å²) in [6.45, 7) is 0. The highest BCUT2D eigenvalue weighted by Gasteiger charge is 2.37. The Balaban J connectivity index is 1.85. The van der Waals surface area contributed by atoms with Crippen molar-refractivity contribution < 1.29 is 13.2 Å². The molecule has 0 saturated heterocycles. The van der Waals surface area contributed by atoms with Crippen molar-refractivity contribution in [2.45, 2.75) is 27.5 Å². The number of allylic oxidation sites excluding steroid dienone is 4. The van der Waals surface area contributed by atoms with E-state index < -0.39 is 9.84 Å². The topological polar surface area (TPSA) is 51.2 Å². The van der Waals surface area contributed by atoms with Gasteiger partial charge in [-0.15, -0.1) is 0 Å². The normalized spacial score (nSPS) is 17.8. The third-order valence-corrected chi connectivity index (χ3v) is 8.29. The van der Waals surface area contributed by atoms with E-state index in [1.807, 2.05) is 12.2 Å². The Hall–Kier alpha value is -1.53. The molecule has 1 aliphatic heterocycles. The first-order chi connectivity index (χ1) is 12.4. The average molecular weight is 423 g/mol. The Bertz CT molecular complexity index is 1120. The number of fused-ring (bicyclic) bond motifs is 2. The van der Waals surface area contributed by atoms with Gasteiger partial charge in [0.25, 0.3) is 0 Å². The predicted octanol–water partition coefficient (Wildman–Crippen LogP) is 5.61. The smallest absolute Gasteiger partial charge is 0.209 e. The molecule has 3 nitrogen and oxygen atoms in total. The van der Waals surface area contributed by atoms with Crippen molar-refractivity contribution in [2.75, 3.05) is 0 Å². The fourth-order valence-electron chi connectivity index (χ4n) is 3.02. The molecule has 0 radical (unpaired) electrons. The first-order valence-corrected chi connectivity index (χ1v) is 10.9. The Kier molecular flexibility index (Phi) is 4.51. The van der Waals surface area contributed by atoms with Crippen molar-refractivity contribution in [3.8, 4) is 0 Å². The van der Waals surface area contributed by atoms with Crippen LogP contribution in [0.4, 0.5) is 0 Å². The number of benzene rings is 2. The summed E-state index contributed by atoms with van der Waals surface area (Å²) in [6, 6.07) is 9.47. The van der Waals surface area contributed by atoms with Gasteiger partial charge in [0, 0.05) is 21.1 Å². The van der Waals surface area contributed by atoms with E-state index >= 15 is 0 Å². The zero-order valence-electron chi connectivity index (χ0n) is 13.3. The standard InChI is InChI=1S/C19H12Cl2O3S2/c20-11-5-7-12(8-6-11)25-15-10-9-14-18(22)13-3-1-2-4-16(13)26(23,24)19(14)17(15)21/h1-5,7,9-10H,6,8H2. The molecule has 0 fully saturated rings. The minimum Gasteiger partial charge on any atom is -0.289 e. The maximum absolute atomic E-state index is 13.1. The number of sulfone groups is 1. The van der Waals surface area contributed by atoms with Crippen molar-refractivity contribution in [2.24, 2.45) is 0 Å². The fourth-order valence-corrected chi connectivity index (χ4v) is 6.50. The molecule has 4 rings (SSSR count). The number of rotatable bonds is 2. The maximum Gasteiger partial charge on any atom is 0.209 e. The molecule has 1 heterocycles. The molecule has 0 amide bonds. The number of carbonyl (C=O) groups excluding carboxylic acids is 1. The van der Waals surface area contributed by atoms with Crippen molar-refractivity contribution in [3.05, 3.63) is 74.6 Å². The van der Waals surface area contributed by atoms with Gasteiger partial charge >= 0.3 is 0 Å². The van der Waals surface area contributed by atoms with E-state index in [2.05, 4.69) is 0 Å². The third kappa shape index (κ3) is 2.83. The van der Waals surface area contributed by atoms with Crippen molar-refractivity contribution in [3.63, 3.8) is 0 Å². The summed E-state index contributed by atoms with van der Waals surface area (Å²) in [5.41, 5.74) is 0.310. The number of thioether (sulfide) groups is 1. The molecule has 0 bridgehead atoms. The van der Waals surface area contributed by atoms with Crippen LogP contribution in [-0.2, 0) is 9.84 Å². The predicted molar refractivity (Wildman–Crippen MR) is 104 cm³/mol. The molecule has 0 atom stereocenters. The summed E-state index contributed by atoms with van der Waals surface area (Å²) in [4.78, 5) is 14.3. The molecular weight excluding hydrogens is 411 g/mol. The zero-order valence-corrected chi connectivity index (χ0v) is 16.5. The van der Waals surface area contributed by atoms with Gasteiger partial charge in [-0.2, -0.15) is 0 Å². The number of hydrogen-bond donors (Lipinski definition) is 0. The fraction of sp³-hybridized carbons (Fsp3) is 0.105. The van der Waals surface area contributed by atoms with Gasteiger partial charge in [-0.1, -0.05) is 53.2 Å². The molecule has 0 N–H and O–H groups in total. The summed E-state index contributed by atoms with van der Waals surface area (Å²) in [5.74, 6) is -0.324. The lowest BCUT2D eigenvalue weighted by Crippen LogP contribution is -2.20. The third-order valence-electron chi connectivity index (χ3n) is 4.30. The molecule has 132 valence electrons. The van der Waals surface area contributed by atoms with Crippen LogP contribution in [0.5, 0.6) is 0 Å². The van der Waals surface area contributed by atoms with E-state index in [4.69, 9.17) is 23.2 Å². The van der Waals surface area contributed by atoms with Crippen LogP contribution in [0.1, 0.15) is 28.8 Å². The molecule has 2 aromatic rings. The number of ketones is 1. The largest absolute Gasteiger partial charge is 0.289 e. The lowest BCUT2D eigenvalue weighted by molar-refractivity contribution is 0.103. The Labute approximate surface area is 165 Å². The van der Waals surface area contributed by atoms with Crippen LogP contribution in [0.2, 0.25) is 5.02 Å². The average Bonchev–Trinajstić information content (AvgIpc) is 2.63. The summed E-state index contributed by atoms with van der Waals surface area (Å²) in [5, 5.41) is 0.882. The van der Waals surface area contributed by atoms with E-state index in [-0.39, 0.29) is 31.7 Å². The molecular formula is C19H12Cl2O3S2. The first-order valence-electron chi connectivity index (χ1n) is 7.84. The van der Waals surface area contributed by atoms with Crippen LogP contribution in [0.25, 0.3) is 0 Å². The monoisotopic (exact) mass is 422 g/mol. The minimum absolute atomic E-state index is 0.00754. The van der Waals surface area contributed by atoms with Gasteiger partial charge in [0.1, 0.15) is 4.90 Å². The second-order valence-electron chi connectivity index (χ2n) is 5.93. The van der Waals surface area contributed by atoms with E-state index in [0.29, 0.717) is 4.90 Å². The van der Waals surface area contributed by atoms with E-state index in [1.165, 1.54) is 23.9 Å². The van der Waals surface area contributed by atoms with Gasteiger partial charge in [0.15, 0.2) is 5.78 Å². The molecule has 2 aromatic carbocycles. The van der Waals surface area contributed by atoms with Gasteiger partial charge < -0.3 is 0 Å². The number of halogens is 2. The van der Waals surface area contributed by atoms with Crippen LogP contribution in [-0.4, -0.2) is 14.2 Å². The van der Waals surface area contributed by atoms with Crippen LogP contribution < -0.4 is 0 Å². The van der Waals surface area contributed by atoms with Crippen molar-refractivity contribution >= 4 is 50.6 Å². The van der Waals surface area contributed by atoms with Crippen molar-refractivity contribution in [1.29, 1.82) is 0 Å². The van der Waals surface area contributed by atoms with E-state index in [0.717, 1.165) is 22.8 Å². The maximum atomic E-state index is 13.1. The molecule has 2 aliphatic rings. The van der Waals surface area contributed by atoms with E-state index in [9.17, 15) is 13.2 Å². The Morgan fingerprint density at radius 1 is 0.923 bits per heavy atom. The second kappa shape index (κ2) is 6.57. The first kappa shape index (κ1) is 17.9. The zero-order chi connectivity index (χ0) is 18.5. The summed E-state index contributed by atoms with van der Waals surface area (Å²) < 4.78 is 26.1. The van der Waals surface area contributed by atoms with Gasteiger partial charge in [-0.05, 0) is 48.1 Å². The van der Waals surface area contributed by atoms with Crippen LogP contribution in [0, 0.1) is 0 Å². The van der Waals surface area contributed by atoms with Crippen LogP contribution >= 0.6 is 35.0 Å². The molecule has 7 heteroatoms. The summed E-state index contributed by atoms with van der Waals surface area (Å²) >= 11 is 13.8. The highest BCUT2D eigenvalue weighted by atomic mass is 35.5. The highest BCUT2D eigenvalue weighted by molar-refractivity contribution is 8.03. The van der Waals surface area contributed by atoms with Crippen molar-refractivity contribution in [1.82, 2.24) is 0 Å². The van der Waals surface area contributed by atoms with Gasteiger partial charge in [0.05, 0.1) is 9.92 Å². The summed E-state index contributed by atoms with van der Waals surface area (Å²) in [7, 11) is -3.86. The summed E-state index contributed by atoms with van der Waals surface area (Å²) in [6.07, 6.45) is 5.24. The van der Waals surface area contributed by atoms with Gasteiger partial charge in [0.2, 0.25) is 9.84 Å². The van der Waals surface area contributed by atoms with Crippen LogP contribution in [0.15, 0.2) is 73.2 Å². The van der Waals surface area contributed by atoms with Gasteiger partial charge in [-0.25, -0.2) is 8.42 Å². The number of hydrogen-bond acceptors (Lipinski definition) is 4. The quantitative estimate of drug-likeness (QED) is 0.538. The number of carbonyl (C=O) groups is 1. The molecule has 0 spiro atoms. The van der Waals surface area contributed by atoms with Gasteiger partial charge in [-0.3, -0.25) is 4.79 Å². The molecule has 0 saturated carbocycles. The van der Waals surface area contributed by atoms with Crippen LogP contribution in [0.3, 0.4) is 0 Å². The lowest BCUT2D eigenvalue weighted by atomic mass is 10.0. The Morgan fingerprint density at radius 3 is 2.42 bits per heavy atom. The van der Waals surface area contributed by atoms with E-state index in [1.54, 1.807) is 24.3 Å².